The monoisotopic (exact) mass is 630 g/mol. The van der Waals surface area contributed by atoms with Crippen LogP contribution in [0.3, 0.4) is 0 Å². The first kappa shape index (κ1) is 41.1. The molecule has 0 aromatic carbocycles. The zero-order valence-electron chi connectivity index (χ0n) is 27.9. The fourth-order valence-corrected chi connectivity index (χ4v) is 5.65. The topological polar surface area (TPSA) is 157 Å². The van der Waals surface area contributed by atoms with E-state index < -0.39 is 61.2 Å². The quantitative estimate of drug-likeness (QED) is 0.0545. The molecule has 44 heavy (non-hydrogen) atoms. The van der Waals surface area contributed by atoms with Crippen LogP contribution in [0.1, 0.15) is 136 Å². The van der Waals surface area contributed by atoms with Crippen LogP contribution in [0.2, 0.25) is 0 Å². The number of carbonyl (C=O) groups excluding carboxylic acids is 1. The van der Waals surface area contributed by atoms with Crippen molar-refractivity contribution in [3.63, 3.8) is 0 Å². The smallest absolute Gasteiger partial charge is 0.186 e. The van der Waals surface area contributed by atoms with Crippen LogP contribution < -0.4 is 0 Å². The standard InChI is InChI=1S/C35H66O9/c1-4-6-7-8-9-10-13-16-19-22-28(37)27(25-43-35-34(42)33(41)32(40)30(24-36)44-35)31(39)29(38)23-20-17-14-11-12-15-18-21-26(3)5-2/h19,22,26-30,32-38,40-42H,4-18,20-21,23-25H2,1-3H3/b22-19+/t26?,27-,28+,29+,30+,32-,33-,34+,35+/m0/s1. The van der Waals surface area contributed by atoms with Crippen molar-refractivity contribution in [3.8, 4) is 0 Å². The van der Waals surface area contributed by atoms with Crippen LogP contribution in [-0.4, -0.2) is 92.5 Å². The van der Waals surface area contributed by atoms with Crippen LogP contribution in [0.15, 0.2) is 12.2 Å². The molecule has 0 aromatic rings. The molecule has 0 spiro atoms. The highest BCUT2D eigenvalue weighted by atomic mass is 16.7. The first-order chi connectivity index (χ1) is 21.2. The Morgan fingerprint density at radius 1 is 0.795 bits per heavy atom. The molecule has 260 valence electrons. The molecule has 0 aromatic heterocycles. The summed E-state index contributed by atoms with van der Waals surface area (Å²) in [5.74, 6) is -0.875. The lowest BCUT2D eigenvalue weighted by molar-refractivity contribution is -0.303. The molecule has 1 rings (SSSR count). The Morgan fingerprint density at radius 2 is 1.36 bits per heavy atom. The van der Waals surface area contributed by atoms with Crippen LogP contribution in [0.4, 0.5) is 0 Å². The Balaban J connectivity index is 2.62. The van der Waals surface area contributed by atoms with Gasteiger partial charge in [0.2, 0.25) is 0 Å². The van der Waals surface area contributed by atoms with Crippen molar-refractivity contribution in [1.29, 1.82) is 0 Å². The molecule has 9 atom stereocenters. The number of Topliss-reactive ketones (excluding diaryl/α,β-unsaturated/α-hetero) is 1. The van der Waals surface area contributed by atoms with Crippen molar-refractivity contribution in [2.75, 3.05) is 13.2 Å². The largest absolute Gasteiger partial charge is 0.394 e. The third kappa shape index (κ3) is 16.6. The highest BCUT2D eigenvalue weighted by Crippen LogP contribution is 2.24. The number of allylic oxidation sites excluding steroid dienone is 1. The summed E-state index contributed by atoms with van der Waals surface area (Å²) in [5, 5.41) is 61.6. The number of aliphatic hydroxyl groups excluding tert-OH is 6. The van der Waals surface area contributed by atoms with Gasteiger partial charge in [-0.15, -0.1) is 0 Å². The van der Waals surface area contributed by atoms with Gasteiger partial charge in [0.15, 0.2) is 12.1 Å². The molecule has 0 saturated carbocycles. The summed E-state index contributed by atoms with van der Waals surface area (Å²) in [6, 6.07) is 0. The highest BCUT2D eigenvalue weighted by Gasteiger charge is 2.44. The molecule has 0 amide bonds. The summed E-state index contributed by atoms with van der Waals surface area (Å²) in [6.07, 6.45) is 12.9. The van der Waals surface area contributed by atoms with E-state index in [0.717, 1.165) is 44.4 Å². The number of ether oxygens (including phenoxy) is 2. The lowest BCUT2D eigenvalue weighted by atomic mass is 9.91. The Bertz CT molecular complexity index is 731. The maximum absolute atomic E-state index is 13.3. The van der Waals surface area contributed by atoms with Gasteiger partial charge in [0.05, 0.1) is 25.2 Å². The van der Waals surface area contributed by atoms with Gasteiger partial charge in [-0.2, -0.15) is 0 Å². The van der Waals surface area contributed by atoms with Gasteiger partial charge in [-0.3, -0.25) is 4.79 Å². The molecule has 0 bridgehead atoms. The van der Waals surface area contributed by atoms with Crippen LogP contribution in [0.25, 0.3) is 0 Å². The van der Waals surface area contributed by atoms with Gasteiger partial charge >= 0.3 is 0 Å². The van der Waals surface area contributed by atoms with Crippen molar-refractivity contribution in [1.82, 2.24) is 0 Å². The van der Waals surface area contributed by atoms with E-state index in [9.17, 15) is 35.4 Å². The predicted octanol–water partition coefficient (Wildman–Crippen LogP) is 4.96. The minimum Gasteiger partial charge on any atom is -0.394 e. The second kappa shape index (κ2) is 25.2. The lowest BCUT2D eigenvalue weighted by Gasteiger charge is -2.40. The SMILES string of the molecule is CCCCCCCCC/C=C/[C@@H](O)[C@H](CO[C@@H]1O[C@H](CO)[C@H](O)[C@H](O)[C@H]1O)C(=O)[C@H](O)CCCCCCCCCC(C)CC. The first-order valence-corrected chi connectivity index (χ1v) is 17.7. The van der Waals surface area contributed by atoms with Gasteiger partial charge in [-0.25, -0.2) is 0 Å². The van der Waals surface area contributed by atoms with Crippen LogP contribution in [0, 0.1) is 11.8 Å². The van der Waals surface area contributed by atoms with Gasteiger partial charge in [-0.05, 0) is 25.2 Å². The van der Waals surface area contributed by atoms with E-state index in [2.05, 4.69) is 20.8 Å². The van der Waals surface area contributed by atoms with Crippen molar-refractivity contribution < 1.29 is 44.9 Å². The normalized spacial score (nSPS) is 25.2. The van der Waals surface area contributed by atoms with E-state index >= 15 is 0 Å². The molecule has 1 saturated heterocycles. The van der Waals surface area contributed by atoms with Crippen LogP contribution >= 0.6 is 0 Å². The Labute approximate surface area is 267 Å². The minimum atomic E-state index is -1.62. The molecule has 9 heteroatoms. The van der Waals surface area contributed by atoms with E-state index in [1.165, 1.54) is 64.2 Å². The number of unbranched alkanes of at least 4 members (excludes halogenated alkanes) is 13. The van der Waals surface area contributed by atoms with Gasteiger partial charge in [0, 0.05) is 0 Å². The summed E-state index contributed by atoms with van der Waals surface area (Å²) in [7, 11) is 0. The highest BCUT2D eigenvalue weighted by molar-refractivity contribution is 5.86. The van der Waals surface area contributed by atoms with Gasteiger partial charge in [-0.1, -0.05) is 129 Å². The summed E-state index contributed by atoms with van der Waals surface area (Å²) < 4.78 is 11.0. The van der Waals surface area contributed by atoms with Crippen LogP contribution in [0.5, 0.6) is 0 Å². The van der Waals surface area contributed by atoms with Gasteiger partial charge in [0.1, 0.15) is 30.5 Å². The van der Waals surface area contributed by atoms with E-state index in [-0.39, 0.29) is 13.0 Å². The van der Waals surface area contributed by atoms with Gasteiger partial charge in [0.25, 0.3) is 0 Å². The van der Waals surface area contributed by atoms with Crippen molar-refractivity contribution in [3.05, 3.63) is 12.2 Å². The molecule has 0 aliphatic carbocycles. The van der Waals surface area contributed by atoms with Gasteiger partial charge < -0.3 is 40.1 Å². The number of ketones is 1. The molecule has 0 radical (unpaired) electrons. The van der Waals surface area contributed by atoms with Crippen molar-refractivity contribution in [2.45, 2.75) is 179 Å². The fourth-order valence-electron chi connectivity index (χ4n) is 5.65. The minimum absolute atomic E-state index is 0.290. The second-order valence-corrected chi connectivity index (χ2v) is 12.9. The van der Waals surface area contributed by atoms with Crippen molar-refractivity contribution >= 4 is 5.78 Å². The van der Waals surface area contributed by atoms with E-state index in [1.807, 2.05) is 6.08 Å². The zero-order valence-corrected chi connectivity index (χ0v) is 27.9. The Hall–Kier alpha value is -0.910. The lowest BCUT2D eigenvalue weighted by Crippen LogP contribution is -2.59. The number of rotatable bonds is 27. The molecular formula is C35H66O9. The molecule has 1 aliphatic heterocycles. The first-order valence-electron chi connectivity index (χ1n) is 17.7. The number of hydrogen-bond acceptors (Lipinski definition) is 9. The maximum Gasteiger partial charge on any atom is 0.186 e. The van der Waals surface area contributed by atoms with Crippen molar-refractivity contribution in [2.24, 2.45) is 11.8 Å². The number of hydrogen-bond donors (Lipinski definition) is 6. The fraction of sp³-hybridized carbons (Fsp3) is 0.914. The molecule has 1 unspecified atom stereocenters. The second-order valence-electron chi connectivity index (χ2n) is 12.9. The Kier molecular flexibility index (Phi) is 23.6. The molecule has 1 heterocycles. The third-order valence-electron chi connectivity index (χ3n) is 9.07. The summed E-state index contributed by atoms with van der Waals surface area (Å²) in [6.45, 7) is 5.74. The molecule has 6 N–H and O–H groups in total. The summed E-state index contributed by atoms with van der Waals surface area (Å²) in [5.41, 5.74) is 0. The average Bonchev–Trinajstić information content (AvgIpc) is 3.02. The summed E-state index contributed by atoms with van der Waals surface area (Å²) in [4.78, 5) is 13.3. The predicted molar refractivity (Wildman–Crippen MR) is 173 cm³/mol. The van der Waals surface area contributed by atoms with Crippen LogP contribution in [-0.2, 0) is 14.3 Å². The number of carbonyl (C=O) groups is 1. The molecule has 1 fully saturated rings. The average molecular weight is 631 g/mol. The van der Waals surface area contributed by atoms with E-state index in [4.69, 9.17) is 9.47 Å². The molecular weight excluding hydrogens is 564 g/mol. The summed E-state index contributed by atoms with van der Waals surface area (Å²) >= 11 is 0. The third-order valence-corrected chi connectivity index (χ3v) is 9.07. The number of aliphatic hydroxyl groups is 6. The zero-order chi connectivity index (χ0) is 32.7. The van der Waals surface area contributed by atoms with E-state index in [1.54, 1.807) is 6.08 Å². The molecule has 9 nitrogen and oxygen atoms in total. The molecule has 1 aliphatic rings. The Morgan fingerprint density at radius 3 is 1.95 bits per heavy atom. The van der Waals surface area contributed by atoms with E-state index in [0.29, 0.717) is 6.42 Å². The maximum atomic E-state index is 13.3.